The Morgan fingerprint density at radius 2 is 2.24 bits per heavy atom. The van der Waals surface area contributed by atoms with Gasteiger partial charge in [-0.2, -0.15) is 5.10 Å². The Hall–Kier alpha value is -1.69. The van der Waals surface area contributed by atoms with Crippen LogP contribution in [0.25, 0.3) is 0 Å². The number of nitrogens with zero attached hydrogens (tertiary/aromatic N) is 2. The standard InChI is InChI=1S/C11H14N4OS/c1-6-10(7(2)15-14-6)11(16)13-5-9-4-12-8(3)17-9/h4H,5H2,1-3H3,(H,13,16)(H,14,15). The van der Waals surface area contributed by atoms with Gasteiger partial charge in [0.2, 0.25) is 0 Å². The molecule has 0 aromatic carbocycles. The number of thiazole rings is 1. The molecule has 2 aromatic rings. The van der Waals surface area contributed by atoms with Crippen LogP contribution in [0.1, 0.15) is 31.6 Å². The van der Waals surface area contributed by atoms with E-state index in [4.69, 9.17) is 0 Å². The van der Waals surface area contributed by atoms with E-state index in [1.54, 1.807) is 17.5 Å². The lowest BCUT2D eigenvalue weighted by Gasteiger charge is -2.03. The molecule has 0 bridgehead atoms. The topological polar surface area (TPSA) is 70.7 Å². The van der Waals surface area contributed by atoms with Gasteiger partial charge in [0.15, 0.2) is 0 Å². The number of rotatable bonds is 3. The highest BCUT2D eigenvalue weighted by Gasteiger charge is 2.14. The lowest BCUT2D eigenvalue weighted by atomic mass is 10.2. The number of amides is 1. The minimum atomic E-state index is -0.0974. The van der Waals surface area contributed by atoms with Crippen LogP contribution in [0, 0.1) is 20.8 Å². The number of nitrogens with one attached hydrogen (secondary N) is 2. The monoisotopic (exact) mass is 250 g/mol. The lowest BCUT2D eigenvalue weighted by Crippen LogP contribution is -2.23. The molecular weight excluding hydrogens is 236 g/mol. The average molecular weight is 250 g/mol. The second-order valence-corrected chi connectivity index (χ2v) is 5.16. The molecule has 6 heteroatoms. The summed E-state index contributed by atoms with van der Waals surface area (Å²) in [5.41, 5.74) is 2.15. The van der Waals surface area contributed by atoms with Crippen molar-refractivity contribution in [1.29, 1.82) is 0 Å². The molecule has 2 aromatic heterocycles. The third kappa shape index (κ3) is 2.52. The molecule has 0 atom stereocenters. The van der Waals surface area contributed by atoms with E-state index in [0.717, 1.165) is 21.3 Å². The first kappa shape index (κ1) is 11.8. The molecule has 2 heterocycles. The maximum absolute atomic E-state index is 11.9. The predicted octanol–water partition coefficient (Wildman–Crippen LogP) is 1.72. The largest absolute Gasteiger partial charge is 0.347 e. The van der Waals surface area contributed by atoms with Gasteiger partial charge in [0.05, 0.1) is 22.8 Å². The first-order chi connectivity index (χ1) is 8.08. The van der Waals surface area contributed by atoms with Gasteiger partial charge in [-0.3, -0.25) is 9.89 Å². The van der Waals surface area contributed by atoms with Crippen LogP contribution in [0.4, 0.5) is 0 Å². The van der Waals surface area contributed by atoms with Crippen LogP contribution >= 0.6 is 11.3 Å². The van der Waals surface area contributed by atoms with E-state index in [0.29, 0.717) is 12.1 Å². The molecule has 0 aliphatic carbocycles. The number of H-pyrrole nitrogens is 1. The summed E-state index contributed by atoms with van der Waals surface area (Å²) in [4.78, 5) is 17.1. The maximum atomic E-state index is 11.9. The molecule has 0 spiro atoms. The van der Waals surface area contributed by atoms with Crippen molar-refractivity contribution in [2.45, 2.75) is 27.3 Å². The van der Waals surface area contributed by atoms with Crippen molar-refractivity contribution in [1.82, 2.24) is 20.5 Å². The van der Waals surface area contributed by atoms with Crippen LogP contribution < -0.4 is 5.32 Å². The Kier molecular flexibility index (Phi) is 3.23. The summed E-state index contributed by atoms with van der Waals surface area (Å²) >= 11 is 1.59. The summed E-state index contributed by atoms with van der Waals surface area (Å²) in [5.74, 6) is -0.0974. The Balaban J connectivity index is 2.03. The van der Waals surface area contributed by atoms with Crippen LogP contribution in [0.5, 0.6) is 0 Å². The van der Waals surface area contributed by atoms with Gasteiger partial charge in [0, 0.05) is 16.8 Å². The Morgan fingerprint density at radius 3 is 2.76 bits per heavy atom. The van der Waals surface area contributed by atoms with E-state index < -0.39 is 0 Å². The normalized spacial score (nSPS) is 10.5. The molecule has 0 radical (unpaired) electrons. The van der Waals surface area contributed by atoms with E-state index in [1.807, 2.05) is 20.8 Å². The summed E-state index contributed by atoms with van der Waals surface area (Å²) < 4.78 is 0. The first-order valence-electron chi connectivity index (χ1n) is 5.29. The fraction of sp³-hybridized carbons (Fsp3) is 0.364. The summed E-state index contributed by atoms with van der Waals surface area (Å²) in [5, 5.41) is 10.7. The molecule has 0 saturated heterocycles. The summed E-state index contributed by atoms with van der Waals surface area (Å²) in [6, 6.07) is 0. The minimum Gasteiger partial charge on any atom is -0.347 e. The lowest BCUT2D eigenvalue weighted by molar-refractivity contribution is 0.0950. The van der Waals surface area contributed by atoms with Crippen LogP contribution in [-0.2, 0) is 6.54 Å². The Labute approximate surface area is 103 Å². The minimum absolute atomic E-state index is 0.0974. The molecular formula is C11H14N4OS. The summed E-state index contributed by atoms with van der Waals surface area (Å²) in [7, 11) is 0. The third-order valence-electron chi connectivity index (χ3n) is 2.45. The van der Waals surface area contributed by atoms with Crippen LogP contribution in [0.15, 0.2) is 6.20 Å². The van der Waals surface area contributed by atoms with Crippen LogP contribution in [0.3, 0.4) is 0 Å². The molecule has 5 nitrogen and oxygen atoms in total. The number of carbonyl (C=O) groups is 1. The Morgan fingerprint density at radius 1 is 1.47 bits per heavy atom. The highest BCUT2D eigenvalue weighted by molar-refractivity contribution is 7.11. The van der Waals surface area contributed by atoms with Crippen molar-refractivity contribution in [2.24, 2.45) is 0 Å². The SMILES string of the molecule is Cc1ncc(CNC(=O)c2c(C)n[nH]c2C)s1. The maximum Gasteiger partial charge on any atom is 0.255 e. The third-order valence-corrected chi connectivity index (χ3v) is 3.36. The number of carbonyl (C=O) groups excluding carboxylic acids is 1. The van der Waals surface area contributed by atoms with E-state index >= 15 is 0 Å². The molecule has 2 rings (SSSR count). The van der Waals surface area contributed by atoms with Crippen molar-refractivity contribution in [3.63, 3.8) is 0 Å². The fourth-order valence-corrected chi connectivity index (χ4v) is 2.36. The van der Waals surface area contributed by atoms with Crippen molar-refractivity contribution >= 4 is 17.2 Å². The molecule has 0 saturated carbocycles. The van der Waals surface area contributed by atoms with Gasteiger partial charge >= 0.3 is 0 Å². The van der Waals surface area contributed by atoms with Gasteiger partial charge in [-0.1, -0.05) is 0 Å². The van der Waals surface area contributed by atoms with Gasteiger partial charge in [-0.25, -0.2) is 4.98 Å². The molecule has 0 aliphatic rings. The number of hydrogen-bond acceptors (Lipinski definition) is 4. The zero-order chi connectivity index (χ0) is 12.4. The van der Waals surface area contributed by atoms with Crippen molar-refractivity contribution < 1.29 is 4.79 Å². The number of hydrogen-bond donors (Lipinski definition) is 2. The molecule has 0 fully saturated rings. The molecule has 90 valence electrons. The van der Waals surface area contributed by atoms with Crippen molar-refractivity contribution in [2.75, 3.05) is 0 Å². The second kappa shape index (κ2) is 4.67. The van der Waals surface area contributed by atoms with Crippen molar-refractivity contribution in [3.05, 3.63) is 33.0 Å². The molecule has 2 N–H and O–H groups in total. The summed E-state index contributed by atoms with van der Waals surface area (Å²) in [6.07, 6.45) is 1.79. The molecule has 0 aliphatic heterocycles. The van der Waals surface area contributed by atoms with Gasteiger partial charge in [-0.15, -0.1) is 11.3 Å². The zero-order valence-electron chi connectivity index (χ0n) is 10.00. The predicted molar refractivity (Wildman–Crippen MR) is 66.1 cm³/mol. The highest BCUT2D eigenvalue weighted by atomic mass is 32.1. The average Bonchev–Trinajstić information content (AvgIpc) is 2.83. The fourth-order valence-electron chi connectivity index (χ4n) is 1.63. The van der Waals surface area contributed by atoms with Crippen LogP contribution in [-0.4, -0.2) is 21.1 Å². The zero-order valence-corrected chi connectivity index (χ0v) is 10.8. The number of aryl methyl sites for hydroxylation is 3. The molecule has 17 heavy (non-hydrogen) atoms. The summed E-state index contributed by atoms with van der Waals surface area (Å²) in [6.45, 7) is 6.11. The first-order valence-corrected chi connectivity index (χ1v) is 6.10. The molecule has 1 amide bonds. The van der Waals surface area contributed by atoms with E-state index in [-0.39, 0.29) is 5.91 Å². The van der Waals surface area contributed by atoms with Gasteiger partial charge in [0.25, 0.3) is 5.91 Å². The number of aromatic amines is 1. The van der Waals surface area contributed by atoms with Crippen LogP contribution in [0.2, 0.25) is 0 Å². The van der Waals surface area contributed by atoms with E-state index in [9.17, 15) is 4.79 Å². The second-order valence-electron chi connectivity index (χ2n) is 3.84. The quantitative estimate of drug-likeness (QED) is 0.871. The van der Waals surface area contributed by atoms with Gasteiger partial charge < -0.3 is 5.32 Å². The van der Waals surface area contributed by atoms with E-state index in [2.05, 4.69) is 20.5 Å². The van der Waals surface area contributed by atoms with E-state index in [1.165, 1.54) is 0 Å². The molecule has 0 unspecified atom stereocenters. The van der Waals surface area contributed by atoms with Gasteiger partial charge in [0.1, 0.15) is 0 Å². The van der Waals surface area contributed by atoms with Gasteiger partial charge in [-0.05, 0) is 20.8 Å². The Bertz CT molecular complexity index is 524. The van der Waals surface area contributed by atoms with Crippen molar-refractivity contribution in [3.8, 4) is 0 Å². The number of aromatic nitrogens is 3. The highest BCUT2D eigenvalue weighted by Crippen LogP contribution is 2.12. The smallest absolute Gasteiger partial charge is 0.255 e.